The molecule has 1 N–H and O–H groups in total. The van der Waals surface area contributed by atoms with Gasteiger partial charge in [-0.1, -0.05) is 113 Å². The Hall–Kier alpha value is -1.90. The third kappa shape index (κ3) is 9.43. The molecule has 2 heteroatoms. The van der Waals surface area contributed by atoms with Crippen molar-refractivity contribution in [1.82, 2.24) is 0 Å². The highest BCUT2D eigenvalue weighted by molar-refractivity contribution is 5.53. The van der Waals surface area contributed by atoms with Crippen LogP contribution in [-0.4, -0.2) is 11.4 Å². The van der Waals surface area contributed by atoms with Crippen molar-refractivity contribution in [1.29, 1.82) is 0 Å². The molecule has 0 aliphatic heterocycles. The molecular weight excluding hydrogens is 356 g/mol. The smallest absolute Gasteiger partial charge is 0.177 e. The SMILES string of the molecule is CCCCCCCCCc1ccc(COC(O)C(=Cc2ccccc2)CC)cc1. The maximum atomic E-state index is 10.4. The topological polar surface area (TPSA) is 29.5 Å². The third-order valence-electron chi connectivity index (χ3n) is 5.38. The Labute approximate surface area is 177 Å². The van der Waals surface area contributed by atoms with Gasteiger partial charge in [0.1, 0.15) is 0 Å². The van der Waals surface area contributed by atoms with Gasteiger partial charge in [0.15, 0.2) is 6.29 Å². The van der Waals surface area contributed by atoms with Crippen molar-refractivity contribution >= 4 is 6.08 Å². The van der Waals surface area contributed by atoms with Gasteiger partial charge in [-0.15, -0.1) is 0 Å². The molecule has 0 amide bonds. The molecule has 0 aromatic heterocycles. The summed E-state index contributed by atoms with van der Waals surface area (Å²) in [6, 6.07) is 18.7. The van der Waals surface area contributed by atoms with Crippen LogP contribution in [0.4, 0.5) is 0 Å². The second kappa shape index (κ2) is 14.1. The Kier molecular flexibility index (Phi) is 11.4. The van der Waals surface area contributed by atoms with E-state index in [9.17, 15) is 5.11 Å². The molecule has 2 aromatic rings. The predicted molar refractivity (Wildman–Crippen MR) is 124 cm³/mol. The lowest BCUT2D eigenvalue weighted by Crippen LogP contribution is -2.14. The summed E-state index contributed by atoms with van der Waals surface area (Å²) in [4.78, 5) is 0. The Morgan fingerprint density at radius 2 is 1.45 bits per heavy atom. The van der Waals surface area contributed by atoms with Crippen molar-refractivity contribution in [2.75, 3.05) is 0 Å². The summed E-state index contributed by atoms with van der Waals surface area (Å²) in [7, 11) is 0. The summed E-state index contributed by atoms with van der Waals surface area (Å²) in [5, 5.41) is 10.4. The fourth-order valence-electron chi connectivity index (χ4n) is 3.48. The van der Waals surface area contributed by atoms with Crippen molar-refractivity contribution in [2.45, 2.75) is 84.5 Å². The van der Waals surface area contributed by atoms with E-state index in [4.69, 9.17) is 4.74 Å². The van der Waals surface area contributed by atoms with Gasteiger partial charge in [0, 0.05) is 0 Å². The molecular formula is C27H38O2. The first-order valence-electron chi connectivity index (χ1n) is 11.4. The van der Waals surface area contributed by atoms with Crippen LogP contribution in [-0.2, 0) is 17.8 Å². The van der Waals surface area contributed by atoms with Gasteiger partial charge >= 0.3 is 0 Å². The second-order valence-corrected chi connectivity index (χ2v) is 7.83. The minimum Gasteiger partial charge on any atom is -0.364 e. The Morgan fingerprint density at radius 1 is 0.828 bits per heavy atom. The largest absolute Gasteiger partial charge is 0.364 e. The summed E-state index contributed by atoms with van der Waals surface area (Å²) < 4.78 is 5.73. The van der Waals surface area contributed by atoms with Crippen molar-refractivity contribution in [3.05, 3.63) is 76.9 Å². The van der Waals surface area contributed by atoms with Crippen LogP contribution in [0.25, 0.3) is 6.08 Å². The van der Waals surface area contributed by atoms with Crippen molar-refractivity contribution in [3.8, 4) is 0 Å². The Bertz CT molecular complexity index is 688. The molecule has 2 aromatic carbocycles. The predicted octanol–water partition coefficient (Wildman–Crippen LogP) is 7.31. The average Bonchev–Trinajstić information content (AvgIpc) is 2.76. The molecule has 0 bridgehead atoms. The molecule has 0 fully saturated rings. The van der Waals surface area contributed by atoms with Crippen LogP contribution in [0.5, 0.6) is 0 Å². The summed E-state index contributed by atoms with van der Waals surface area (Å²) >= 11 is 0. The molecule has 0 heterocycles. The zero-order valence-electron chi connectivity index (χ0n) is 18.3. The number of aliphatic hydroxyl groups is 1. The molecule has 0 saturated carbocycles. The molecule has 0 saturated heterocycles. The first kappa shape index (κ1) is 23.4. The molecule has 0 radical (unpaired) electrons. The number of hydrogen-bond donors (Lipinski definition) is 1. The molecule has 2 nitrogen and oxygen atoms in total. The number of rotatable bonds is 14. The quantitative estimate of drug-likeness (QED) is 0.269. The summed E-state index contributed by atoms with van der Waals surface area (Å²) in [6.07, 6.45) is 12.5. The van der Waals surface area contributed by atoms with Crippen LogP contribution in [0.1, 0.15) is 81.9 Å². The van der Waals surface area contributed by atoms with E-state index in [0.29, 0.717) is 6.61 Å². The highest BCUT2D eigenvalue weighted by Crippen LogP contribution is 2.17. The van der Waals surface area contributed by atoms with Gasteiger partial charge < -0.3 is 9.84 Å². The van der Waals surface area contributed by atoms with Gasteiger partial charge in [-0.2, -0.15) is 0 Å². The van der Waals surface area contributed by atoms with Crippen LogP contribution >= 0.6 is 0 Å². The number of aryl methyl sites for hydroxylation is 1. The maximum absolute atomic E-state index is 10.4. The minimum atomic E-state index is -0.868. The Morgan fingerprint density at radius 3 is 2.10 bits per heavy atom. The number of unbranched alkanes of at least 4 members (excludes halogenated alkanes) is 6. The Balaban J connectivity index is 1.72. The third-order valence-corrected chi connectivity index (χ3v) is 5.38. The van der Waals surface area contributed by atoms with Gasteiger partial charge in [-0.05, 0) is 41.5 Å². The first-order valence-corrected chi connectivity index (χ1v) is 11.4. The van der Waals surface area contributed by atoms with E-state index in [-0.39, 0.29) is 0 Å². The van der Waals surface area contributed by atoms with Crippen LogP contribution in [0.15, 0.2) is 60.2 Å². The second-order valence-electron chi connectivity index (χ2n) is 7.83. The lowest BCUT2D eigenvalue weighted by Gasteiger charge is -2.15. The number of ether oxygens (including phenoxy) is 1. The van der Waals surface area contributed by atoms with Crippen LogP contribution < -0.4 is 0 Å². The van der Waals surface area contributed by atoms with E-state index in [0.717, 1.165) is 29.5 Å². The van der Waals surface area contributed by atoms with Crippen molar-refractivity contribution < 1.29 is 9.84 Å². The van der Waals surface area contributed by atoms with E-state index in [1.165, 1.54) is 50.5 Å². The molecule has 2 rings (SSSR count). The van der Waals surface area contributed by atoms with E-state index < -0.39 is 6.29 Å². The van der Waals surface area contributed by atoms with Gasteiger partial charge in [-0.3, -0.25) is 0 Å². The lowest BCUT2D eigenvalue weighted by atomic mass is 10.0. The van der Waals surface area contributed by atoms with E-state index in [1.54, 1.807) is 0 Å². The number of benzene rings is 2. The summed E-state index contributed by atoms with van der Waals surface area (Å²) in [5.74, 6) is 0. The normalized spacial score (nSPS) is 12.9. The monoisotopic (exact) mass is 394 g/mol. The summed E-state index contributed by atoms with van der Waals surface area (Å²) in [5.41, 5.74) is 4.47. The molecule has 0 aliphatic carbocycles. The molecule has 0 aliphatic rings. The van der Waals surface area contributed by atoms with Crippen molar-refractivity contribution in [3.63, 3.8) is 0 Å². The van der Waals surface area contributed by atoms with Crippen LogP contribution in [0.2, 0.25) is 0 Å². The van der Waals surface area contributed by atoms with Gasteiger partial charge in [-0.25, -0.2) is 0 Å². The van der Waals surface area contributed by atoms with Gasteiger partial charge in [0.25, 0.3) is 0 Å². The maximum Gasteiger partial charge on any atom is 0.177 e. The fraction of sp³-hybridized carbons (Fsp3) is 0.481. The van der Waals surface area contributed by atoms with E-state index in [1.807, 2.05) is 43.3 Å². The van der Waals surface area contributed by atoms with Crippen LogP contribution in [0.3, 0.4) is 0 Å². The molecule has 29 heavy (non-hydrogen) atoms. The molecule has 158 valence electrons. The summed E-state index contributed by atoms with van der Waals surface area (Å²) in [6.45, 7) is 4.73. The van der Waals surface area contributed by atoms with E-state index >= 15 is 0 Å². The zero-order valence-corrected chi connectivity index (χ0v) is 18.3. The highest BCUT2D eigenvalue weighted by atomic mass is 16.6. The van der Waals surface area contributed by atoms with Crippen molar-refractivity contribution in [2.24, 2.45) is 0 Å². The van der Waals surface area contributed by atoms with Gasteiger partial charge in [0.2, 0.25) is 0 Å². The van der Waals surface area contributed by atoms with E-state index in [2.05, 4.69) is 31.2 Å². The number of hydrogen-bond acceptors (Lipinski definition) is 2. The molecule has 0 spiro atoms. The first-order chi connectivity index (χ1) is 14.2. The standard InChI is InChI=1S/C27H38O2/c1-3-5-6-7-8-9-11-14-23-17-19-25(20-18-23)22-29-27(28)26(4-2)21-24-15-12-10-13-16-24/h10,12-13,15-21,27-28H,3-9,11,14,22H2,1-2H3. The molecule has 1 atom stereocenters. The van der Waals surface area contributed by atoms with Crippen LogP contribution in [0, 0.1) is 0 Å². The average molecular weight is 395 g/mol. The number of aliphatic hydroxyl groups excluding tert-OH is 1. The fourth-order valence-corrected chi connectivity index (χ4v) is 3.48. The highest BCUT2D eigenvalue weighted by Gasteiger charge is 2.10. The minimum absolute atomic E-state index is 0.422. The lowest BCUT2D eigenvalue weighted by molar-refractivity contribution is -0.0820. The van der Waals surface area contributed by atoms with Gasteiger partial charge in [0.05, 0.1) is 6.61 Å². The zero-order chi connectivity index (χ0) is 20.7. The molecule has 1 unspecified atom stereocenters.